The molecule has 0 aliphatic rings. The Kier molecular flexibility index (Phi) is 5.82. The van der Waals surface area contributed by atoms with Crippen LogP contribution < -0.4 is 9.47 Å². The first-order chi connectivity index (χ1) is 10.1. The molecule has 0 saturated carbocycles. The zero-order chi connectivity index (χ0) is 15.2. The third kappa shape index (κ3) is 4.58. The molecule has 0 heterocycles. The maximum atomic E-state index is 12.1. The average molecular weight is 414 g/mol. The van der Waals surface area contributed by atoms with Gasteiger partial charge in [0, 0.05) is 10.0 Å². The van der Waals surface area contributed by atoms with Gasteiger partial charge in [0.25, 0.3) is 0 Å². The molecule has 0 aliphatic heterocycles. The van der Waals surface area contributed by atoms with Gasteiger partial charge < -0.3 is 9.47 Å². The van der Waals surface area contributed by atoms with Crippen LogP contribution in [0.2, 0.25) is 0 Å². The van der Waals surface area contributed by atoms with E-state index in [0.29, 0.717) is 17.9 Å². The smallest absolute Gasteiger partial charge is 0.200 e. The Morgan fingerprint density at radius 3 is 2.38 bits per heavy atom. The van der Waals surface area contributed by atoms with Crippen LogP contribution in [-0.2, 0) is 0 Å². The molecule has 0 aliphatic carbocycles. The van der Waals surface area contributed by atoms with Gasteiger partial charge in [-0.15, -0.1) is 0 Å². The van der Waals surface area contributed by atoms with Crippen LogP contribution in [0.25, 0.3) is 0 Å². The number of ether oxygens (including phenoxy) is 2. The molecule has 0 aromatic heterocycles. The zero-order valence-corrected chi connectivity index (χ0v) is 14.6. The summed E-state index contributed by atoms with van der Waals surface area (Å²) in [5, 5.41) is 0. The van der Waals surface area contributed by atoms with Gasteiger partial charge in [-0.25, -0.2) is 0 Å². The van der Waals surface area contributed by atoms with Crippen molar-refractivity contribution < 1.29 is 14.3 Å². The number of hydrogen-bond acceptors (Lipinski definition) is 3. The Morgan fingerprint density at radius 1 is 1.05 bits per heavy atom. The summed E-state index contributed by atoms with van der Waals surface area (Å²) in [7, 11) is 0. The normalized spacial score (nSPS) is 10.2. The van der Waals surface area contributed by atoms with E-state index in [0.717, 1.165) is 14.7 Å². The summed E-state index contributed by atoms with van der Waals surface area (Å²) in [6.07, 6.45) is 0. The zero-order valence-electron chi connectivity index (χ0n) is 11.4. The molecule has 2 rings (SSSR count). The molecule has 0 radical (unpaired) electrons. The van der Waals surface area contributed by atoms with Crippen LogP contribution in [0, 0.1) is 0 Å². The van der Waals surface area contributed by atoms with Gasteiger partial charge in [-0.1, -0.05) is 15.9 Å². The van der Waals surface area contributed by atoms with E-state index in [1.54, 1.807) is 30.3 Å². The lowest BCUT2D eigenvalue weighted by Gasteiger charge is -2.08. The Labute approximate surface area is 140 Å². The lowest BCUT2D eigenvalue weighted by Crippen LogP contribution is -2.11. The van der Waals surface area contributed by atoms with Crippen molar-refractivity contribution in [1.29, 1.82) is 0 Å². The van der Waals surface area contributed by atoms with Crippen LogP contribution in [0.3, 0.4) is 0 Å². The van der Waals surface area contributed by atoms with Gasteiger partial charge in [0.15, 0.2) is 12.4 Å². The Bertz CT molecular complexity index is 624. The highest BCUT2D eigenvalue weighted by molar-refractivity contribution is 9.11. The molecular formula is C16H14Br2O3. The minimum atomic E-state index is -0.0760. The van der Waals surface area contributed by atoms with Crippen LogP contribution in [0.1, 0.15) is 17.3 Å². The number of carbonyl (C=O) groups excluding carboxylic acids is 1. The molecule has 0 fully saturated rings. The van der Waals surface area contributed by atoms with Gasteiger partial charge in [-0.2, -0.15) is 0 Å². The minimum Gasteiger partial charge on any atom is -0.494 e. The summed E-state index contributed by atoms with van der Waals surface area (Å²) < 4.78 is 12.6. The highest BCUT2D eigenvalue weighted by Gasteiger charge is 2.09. The summed E-state index contributed by atoms with van der Waals surface area (Å²) in [6, 6.07) is 12.6. The van der Waals surface area contributed by atoms with Gasteiger partial charge in [0.2, 0.25) is 0 Å². The van der Waals surface area contributed by atoms with E-state index in [9.17, 15) is 4.79 Å². The van der Waals surface area contributed by atoms with Gasteiger partial charge in [-0.05, 0) is 65.3 Å². The molecule has 0 amide bonds. The predicted molar refractivity (Wildman–Crippen MR) is 89.3 cm³/mol. The second kappa shape index (κ2) is 7.61. The summed E-state index contributed by atoms with van der Waals surface area (Å²) in [6.45, 7) is 2.52. The quantitative estimate of drug-likeness (QED) is 0.633. The Morgan fingerprint density at radius 2 is 1.76 bits per heavy atom. The van der Waals surface area contributed by atoms with E-state index in [1.165, 1.54) is 0 Å². The maximum absolute atomic E-state index is 12.1. The minimum absolute atomic E-state index is 0.00574. The lowest BCUT2D eigenvalue weighted by molar-refractivity contribution is 0.0921. The lowest BCUT2D eigenvalue weighted by atomic mass is 10.1. The van der Waals surface area contributed by atoms with Crippen LogP contribution in [0.15, 0.2) is 51.4 Å². The van der Waals surface area contributed by atoms with E-state index in [2.05, 4.69) is 31.9 Å². The van der Waals surface area contributed by atoms with Crippen molar-refractivity contribution in [2.24, 2.45) is 0 Å². The fourth-order valence-corrected chi connectivity index (χ4v) is 2.88. The number of rotatable bonds is 6. The van der Waals surface area contributed by atoms with Crippen molar-refractivity contribution >= 4 is 37.6 Å². The van der Waals surface area contributed by atoms with Gasteiger partial charge in [0.1, 0.15) is 11.5 Å². The van der Waals surface area contributed by atoms with Crippen LogP contribution in [0.5, 0.6) is 11.5 Å². The molecule has 0 bridgehead atoms. The second-order valence-electron chi connectivity index (χ2n) is 4.24. The van der Waals surface area contributed by atoms with Crippen molar-refractivity contribution in [2.45, 2.75) is 6.92 Å². The number of halogens is 2. The van der Waals surface area contributed by atoms with E-state index in [1.807, 2.05) is 19.1 Å². The van der Waals surface area contributed by atoms with E-state index >= 15 is 0 Å². The fraction of sp³-hybridized carbons (Fsp3) is 0.188. The first kappa shape index (κ1) is 16.0. The monoisotopic (exact) mass is 412 g/mol. The molecule has 0 saturated heterocycles. The van der Waals surface area contributed by atoms with Crippen molar-refractivity contribution in [3.05, 3.63) is 57.0 Å². The third-order valence-corrected chi connectivity index (χ3v) is 3.85. The molecular weight excluding hydrogens is 400 g/mol. The van der Waals surface area contributed by atoms with Gasteiger partial charge in [0.05, 0.1) is 11.1 Å². The SMILES string of the molecule is CCOc1ccc(C(=O)COc2ccc(Br)cc2Br)cc1. The van der Waals surface area contributed by atoms with E-state index < -0.39 is 0 Å². The Balaban J connectivity index is 1.98. The molecule has 0 atom stereocenters. The van der Waals surface area contributed by atoms with Crippen molar-refractivity contribution in [3.63, 3.8) is 0 Å². The van der Waals surface area contributed by atoms with Crippen molar-refractivity contribution in [1.82, 2.24) is 0 Å². The first-order valence-corrected chi connectivity index (χ1v) is 8.02. The number of Topliss-reactive ketones (excluding diaryl/α,β-unsaturated/α-hetero) is 1. The molecule has 21 heavy (non-hydrogen) atoms. The van der Waals surface area contributed by atoms with Crippen molar-refractivity contribution in [2.75, 3.05) is 13.2 Å². The van der Waals surface area contributed by atoms with Gasteiger partial charge >= 0.3 is 0 Å². The summed E-state index contributed by atoms with van der Waals surface area (Å²) in [5.41, 5.74) is 0.603. The second-order valence-corrected chi connectivity index (χ2v) is 6.01. The van der Waals surface area contributed by atoms with E-state index in [-0.39, 0.29) is 12.4 Å². The van der Waals surface area contributed by atoms with Gasteiger partial charge in [-0.3, -0.25) is 4.79 Å². The molecule has 5 heteroatoms. The number of hydrogen-bond donors (Lipinski definition) is 0. The molecule has 2 aromatic carbocycles. The summed E-state index contributed by atoms with van der Waals surface area (Å²) in [5.74, 6) is 1.32. The predicted octanol–water partition coefficient (Wildman–Crippen LogP) is 4.87. The van der Waals surface area contributed by atoms with Crippen LogP contribution >= 0.6 is 31.9 Å². The topological polar surface area (TPSA) is 35.5 Å². The van der Waals surface area contributed by atoms with Crippen LogP contribution in [-0.4, -0.2) is 19.0 Å². The molecule has 0 unspecified atom stereocenters. The highest BCUT2D eigenvalue weighted by Crippen LogP contribution is 2.28. The van der Waals surface area contributed by atoms with E-state index in [4.69, 9.17) is 9.47 Å². The molecule has 0 N–H and O–H groups in total. The van der Waals surface area contributed by atoms with Crippen LogP contribution in [0.4, 0.5) is 0 Å². The summed E-state index contributed by atoms with van der Waals surface area (Å²) >= 11 is 6.77. The molecule has 0 spiro atoms. The first-order valence-electron chi connectivity index (χ1n) is 6.44. The third-order valence-electron chi connectivity index (χ3n) is 2.74. The number of carbonyl (C=O) groups is 1. The number of benzene rings is 2. The Hall–Kier alpha value is -1.33. The number of ketones is 1. The molecule has 2 aromatic rings. The molecule has 110 valence electrons. The maximum Gasteiger partial charge on any atom is 0.200 e. The van der Waals surface area contributed by atoms with Crippen molar-refractivity contribution in [3.8, 4) is 11.5 Å². The average Bonchev–Trinajstić information content (AvgIpc) is 2.47. The summed E-state index contributed by atoms with van der Waals surface area (Å²) in [4.78, 5) is 12.1. The largest absolute Gasteiger partial charge is 0.494 e. The molecule has 3 nitrogen and oxygen atoms in total. The fourth-order valence-electron chi connectivity index (χ4n) is 1.72. The highest BCUT2D eigenvalue weighted by atomic mass is 79.9. The standard InChI is InChI=1S/C16H14Br2O3/c1-2-20-13-6-3-11(4-7-13)15(19)10-21-16-8-5-12(17)9-14(16)18/h3-9H,2,10H2,1H3.